The highest BCUT2D eigenvalue weighted by Gasteiger charge is 2.45. The van der Waals surface area contributed by atoms with Crippen molar-refractivity contribution in [3.63, 3.8) is 0 Å². The van der Waals surface area contributed by atoms with Gasteiger partial charge in [-0.25, -0.2) is 9.97 Å². The second kappa shape index (κ2) is 12.9. The van der Waals surface area contributed by atoms with E-state index >= 15 is 0 Å². The average Bonchev–Trinajstić information content (AvgIpc) is 3.70. The zero-order valence-electron chi connectivity index (χ0n) is 31.9. The Morgan fingerprint density at radius 2 is 1.45 bits per heavy atom. The Kier molecular flexibility index (Phi) is 7.60. The van der Waals surface area contributed by atoms with Gasteiger partial charge in [-0.1, -0.05) is 147 Å². The van der Waals surface area contributed by atoms with E-state index in [0.29, 0.717) is 5.92 Å². The maximum absolute atomic E-state index is 5.27. The van der Waals surface area contributed by atoms with E-state index in [2.05, 4.69) is 182 Å². The standard InChI is InChI=1S/C53H43N3/c1-53(2)46-19-11-9-17-41(46)43-33-50-45(32-47(43)53)44-31-39(29-30-49(44)56(50)40-15-7-4-8-16-40)36-23-27-38(28-24-36)52-54-48-20-12-10-18-42(48)51(55-52)37-25-21-35(22-26-37)34-13-5-3-6-14-34/h3,5-7,9-27,29-31,33,38,47H,4,8,28,32H2,1-2H3. The molecular formula is C53H43N3. The largest absolute Gasteiger partial charge is 0.310 e. The van der Waals surface area contributed by atoms with Gasteiger partial charge in [0.1, 0.15) is 5.82 Å². The number of aromatic nitrogens is 3. The summed E-state index contributed by atoms with van der Waals surface area (Å²) in [5.74, 6) is 1.42. The fourth-order valence-corrected chi connectivity index (χ4v) is 9.88. The molecule has 0 N–H and O–H groups in total. The van der Waals surface area contributed by atoms with Crippen molar-refractivity contribution in [3.8, 4) is 22.4 Å². The Labute approximate surface area is 328 Å². The molecule has 5 aromatic carbocycles. The van der Waals surface area contributed by atoms with E-state index in [1.54, 1.807) is 0 Å². The Hall–Kier alpha value is -6.32. The smallest absolute Gasteiger partial charge is 0.136 e. The molecule has 2 atom stereocenters. The average molecular weight is 722 g/mol. The molecule has 2 aromatic heterocycles. The summed E-state index contributed by atoms with van der Waals surface area (Å²) >= 11 is 0. The summed E-state index contributed by atoms with van der Waals surface area (Å²) in [6, 6.07) is 44.0. The van der Waals surface area contributed by atoms with Crippen LogP contribution in [0.15, 0.2) is 158 Å². The molecule has 0 saturated heterocycles. The van der Waals surface area contributed by atoms with E-state index in [1.165, 1.54) is 66.8 Å². The fourth-order valence-electron chi connectivity index (χ4n) is 9.88. The van der Waals surface area contributed by atoms with Crippen molar-refractivity contribution in [2.24, 2.45) is 5.92 Å². The van der Waals surface area contributed by atoms with Crippen LogP contribution in [-0.2, 0) is 11.8 Å². The molecule has 0 bridgehead atoms. The number of nitrogens with zero attached hydrogens (tertiary/aromatic N) is 3. The summed E-state index contributed by atoms with van der Waals surface area (Å²) in [5.41, 5.74) is 17.9. The molecule has 7 aromatic rings. The van der Waals surface area contributed by atoms with Gasteiger partial charge in [0.25, 0.3) is 0 Å². The quantitative estimate of drug-likeness (QED) is 0.177. The van der Waals surface area contributed by atoms with Crippen LogP contribution in [0.25, 0.3) is 67.1 Å². The first kappa shape index (κ1) is 33.1. The third kappa shape index (κ3) is 5.25. The molecule has 4 aliphatic rings. The summed E-state index contributed by atoms with van der Waals surface area (Å²) in [6.07, 6.45) is 20.7. The highest BCUT2D eigenvalue weighted by atomic mass is 15.0. The van der Waals surface area contributed by atoms with Crippen LogP contribution < -0.4 is 0 Å². The van der Waals surface area contributed by atoms with E-state index in [4.69, 9.17) is 9.97 Å². The number of rotatable bonds is 5. The molecular weight excluding hydrogens is 679 g/mol. The Morgan fingerprint density at radius 3 is 2.27 bits per heavy atom. The monoisotopic (exact) mass is 721 g/mol. The van der Waals surface area contributed by atoms with Crippen LogP contribution in [0.5, 0.6) is 0 Å². The topological polar surface area (TPSA) is 30.7 Å². The van der Waals surface area contributed by atoms with Crippen molar-refractivity contribution in [3.05, 3.63) is 192 Å². The molecule has 0 amide bonds. The molecule has 2 unspecified atom stereocenters. The normalized spacial score (nSPS) is 19.3. The van der Waals surface area contributed by atoms with Crippen LogP contribution in [0.1, 0.15) is 72.8 Å². The van der Waals surface area contributed by atoms with Crippen LogP contribution in [0.4, 0.5) is 0 Å². The van der Waals surface area contributed by atoms with E-state index in [0.717, 1.165) is 53.7 Å². The Morgan fingerprint density at radius 1 is 0.679 bits per heavy atom. The number of hydrogen-bond acceptors (Lipinski definition) is 2. The number of fused-ring (bicyclic) bond motifs is 7. The first-order valence-electron chi connectivity index (χ1n) is 20.2. The highest BCUT2D eigenvalue weighted by molar-refractivity contribution is 6.01. The first-order chi connectivity index (χ1) is 27.5. The summed E-state index contributed by atoms with van der Waals surface area (Å²) < 4.78 is 2.53. The molecule has 0 aliphatic heterocycles. The molecule has 3 heteroatoms. The SMILES string of the molecule is CC1(C)c2ccccc2C2=Cc3c(c4cc(C5=CCC(c6nc(-c7ccc(-c8ccccc8)cc7)c7ccccc7n6)C=C5)ccc4n3C3=CCCC=C3)CC21. The molecule has 0 fully saturated rings. The van der Waals surface area contributed by atoms with Crippen LogP contribution >= 0.6 is 0 Å². The van der Waals surface area contributed by atoms with Gasteiger partial charge in [-0.2, -0.15) is 0 Å². The first-order valence-corrected chi connectivity index (χ1v) is 20.2. The summed E-state index contributed by atoms with van der Waals surface area (Å²) in [6.45, 7) is 4.88. The van der Waals surface area contributed by atoms with Crippen molar-refractivity contribution in [2.45, 2.75) is 50.9 Å². The van der Waals surface area contributed by atoms with Gasteiger partial charge in [-0.3, -0.25) is 0 Å². The van der Waals surface area contributed by atoms with Crippen molar-refractivity contribution in [1.82, 2.24) is 14.5 Å². The molecule has 3 nitrogen and oxygen atoms in total. The fraction of sp³-hybridized carbons (Fsp3) is 0.170. The van der Waals surface area contributed by atoms with Gasteiger partial charge >= 0.3 is 0 Å². The van der Waals surface area contributed by atoms with Crippen LogP contribution in [0.3, 0.4) is 0 Å². The Bertz CT molecular complexity index is 2880. The van der Waals surface area contributed by atoms with Gasteiger partial charge in [0.05, 0.1) is 22.4 Å². The van der Waals surface area contributed by atoms with E-state index in [9.17, 15) is 0 Å². The summed E-state index contributed by atoms with van der Waals surface area (Å²) in [5, 5.41) is 2.45. The molecule has 0 spiro atoms. The minimum Gasteiger partial charge on any atom is -0.310 e. The number of hydrogen-bond donors (Lipinski definition) is 0. The minimum atomic E-state index is 0.0795. The third-order valence-corrected chi connectivity index (χ3v) is 12.9. The van der Waals surface area contributed by atoms with Crippen LogP contribution in [-0.4, -0.2) is 14.5 Å². The molecule has 2 heterocycles. The summed E-state index contributed by atoms with van der Waals surface area (Å²) in [4.78, 5) is 10.4. The van der Waals surface area contributed by atoms with Crippen LogP contribution in [0.2, 0.25) is 0 Å². The highest BCUT2D eigenvalue weighted by Crippen LogP contribution is 2.55. The Balaban J connectivity index is 0.946. The number of allylic oxidation sites excluding steroid dienone is 9. The number of benzene rings is 5. The maximum Gasteiger partial charge on any atom is 0.136 e. The van der Waals surface area contributed by atoms with Gasteiger partial charge in [0.15, 0.2) is 0 Å². The van der Waals surface area contributed by atoms with E-state index in [1.807, 2.05) is 0 Å². The van der Waals surface area contributed by atoms with E-state index < -0.39 is 0 Å². The molecule has 270 valence electrons. The molecule has 0 radical (unpaired) electrons. The minimum absolute atomic E-state index is 0.0795. The molecule has 4 aliphatic carbocycles. The van der Waals surface area contributed by atoms with E-state index in [-0.39, 0.29) is 11.3 Å². The second-order valence-corrected chi connectivity index (χ2v) is 16.4. The lowest BCUT2D eigenvalue weighted by molar-refractivity contribution is 0.410. The van der Waals surface area contributed by atoms with Crippen molar-refractivity contribution < 1.29 is 0 Å². The van der Waals surface area contributed by atoms with Crippen LogP contribution in [0, 0.1) is 5.92 Å². The van der Waals surface area contributed by atoms with Gasteiger partial charge in [0, 0.05) is 28.0 Å². The van der Waals surface area contributed by atoms with Gasteiger partial charge in [-0.15, -0.1) is 0 Å². The van der Waals surface area contributed by atoms with Crippen molar-refractivity contribution in [2.75, 3.05) is 0 Å². The van der Waals surface area contributed by atoms with Crippen molar-refractivity contribution in [1.29, 1.82) is 0 Å². The lowest BCUT2D eigenvalue weighted by atomic mass is 9.72. The predicted octanol–water partition coefficient (Wildman–Crippen LogP) is 13.2. The zero-order chi connectivity index (χ0) is 37.4. The van der Waals surface area contributed by atoms with Gasteiger partial charge in [0.2, 0.25) is 0 Å². The molecule has 0 saturated carbocycles. The maximum atomic E-state index is 5.27. The van der Waals surface area contributed by atoms with Crippen molar-refractivity contribution >= 4 is 44.7 Å². The molecule has 56 heavy (non-hydrogen) atoms. The second-order valence-electron chi connectivity index (χ2n) is 16.4. The third-order valence-electron chi connectivity index (χ3n) is 12.9. The molecule has 11 rings (SSSR count). The lowest BCUT2D eigenvalue weighted by Crippen LogP contribution is -2.27. The zero-order valence-corrected chi connectivity index (χ0v) is 31.9. The summed E-state index contributed by atoms with van der Waals surface area (Å²) in [7, 11) is 0. The van der Waals surface area contributed by atoms with Gasteiger partial charge < -0.3 is 4.57 Å². The lowest BCUT2D eigenvalue weighted by Gasteiger charge is -2.31. The van der Waals surface area contributed by atoms with Gasteiger partial charge in [-0.05, 0) is 112 Å². The predicted molar refractivity (Wildman–Crippen MR) is 234 cm³/mol. The number of para-hydroxylation sites is 1.